The largest absolute Gasteiger partial charge is 0.480 e. The number of carboxylic acid groups (broad SMARTS) is 1. The number of benzene rings is 1. The summed E-state index contributed by atoms with van der Waals surface area (Å²) in [5, 5.41) is 17.5. The molecule has 3 aromatic rings. The maximum Gasteiger partial charge on any atom is 0.408 e. The van der Waals surface area contributed by atoms with Gasteiger partial charge in [0.2, 0.25) is 0 Å². The number of hydrogen-bond acceptors (Lipinski definition) is 6. The van der Waals surface area contributed by atoms with Crippen LogP contribution in [-0.2, 0) is 9.53 Å². The van der Waals surface area contributed by atoms with Crippen molar-refractivity contribution in [2.45, 2.75) is 51.7 Å². The molecule has 3 rings (SSSR count). The number of pyridine rings is 2. The molecular formula is C24H28N4O4. The van der Waals surface area contributed by atoms with Crippen LogP contribution in [0.25, 0.3) is 10.8 Å². The molecule has 2 unspecified atom stereocenters. The summed E-state index contributed by atoms with van der Waals surface area (Å²) in [5.41, 5.74) is 0.890. The number of fused-ring (bicyclic) bond motifs is 1. The number of aliphatic carboxylic acids is 1. The first-order valence-electron chi connectivity index (χ1n) is 10.5. The third-order valence-electron chi connectivity index (χ3n) is 4.95. The van der Waals surface area contributed by atoms with E-state index in [0.29, 0.717) is 12.2 Å². The quantitative estimate of drug-likeness (QED) is 0.485. The molecule has 0 aliphatic heterocycles. The fraction of sp³-hybridized carbons (Fsp3) is 0.333. The van der Waals surface area contributed by atoms with Gasteiger partial charge >= 0.3 is 12.1 Å². The monoisotopic (exact) mass is 436 g/mol. The van der Waals surface area contributed by atoms with Gasteiger partial charge in [-0.2, -0.15) is 0 Å². The zero-order chi connectivity index (χ0) is 23.3. The number of alkyl carbamates (subject to hydrolysis) is 1. The Morgan fingerprint density at radius 1 is 1.09 bits per heavy atom. The predicted octanol–water partition coefficient (Wildman–Crippen LogP) is 4.84. The Balaban J connectivity index is 1.78. The van der Waals surface area contributed by atoms with Gasteiger partial charge < -0.3 is 20.5 Å². The van der Waals surface area contributed by atoms with Gasteiger partial charge in [0.15, 0.2) is 0 Å². The van der Waals surface area contributed by atoms with E-state index in [9.17, 15) is 14.7 Å². The molecule has 1 aromatic carbocycles. The molecule has 0 radical (unpaired) electrons. The molecule has 8 nitrogen and oxygen atoms in total. The van der Waals surface area contributed by atoms with Gasteiger partial charge in [-0.25, -0.2) is 14.6 Å². The highest BCUT2D eigenvalue weighted by Gasteiger charge is 2.31. The minimum atomic E-state index is -1.11. The number of carbonyl (C=O) groups excluding carboxylic acids is 1. The van der Waals surface area contributed by atoms with E-state index in [1.165, 1.54) is 0 Å². The molecule has 168 valence electrons. The molecule has 0 bridgehead atoms. The van der Waals surface area contributed by atoms with E-state index < -0.39 is 29.6 Å². The van der Waals surface area contributed by atoms with Crippen LogP contribution in [0.2, 0.25) is 0 Å². The number of carboxylic acids is 1. The van der Waals surface area contributed by atoms with Crippen LogP contribution in [0.1, 0.15) is 45.6 Å². The lowest BCUT2D eigenvalue weighted by Crippen LogP contribution is -2.46. The summed E-state index contributed by atoms with van der Waals surface area (Å²) in [6.07, 6.45) is 4.99. The minimum Gasteiger partial charge on any atom is -0.480 e. The Hall–Kier alpha value is -3.68. The molecule has 0 saturated carbocycles. The Kier molecular flexibility index (Phi) is 6.92. The lowest BCUT2D eigenvalue weighted by molar-refractivity contribution is -0.140. The molecule has 1 amide bonds. The first-order chi connectivity index (χ1) is 15.2. The van der Waals surface area contributed by atoms with E-state index in [1.807, 2.05) is 43.3 Å². The highest BCUT2D eigenvalue weighted by Crippen LogP contribution is 2.28. The summed E-state index contributed by atoms with van der Waals surface area (Å²) in [6.45, 7) is 7.07. The maximum absolute atomic E-state index is 12.2. The van der Waals surface area contributed by atoms with Crippen molar-refractivity contribution in [1.82, 2.24) is 15.3 Å². The fourth-order valence-electron chi connectivity index (χ4n) is 3.49. The van der Waals surface area contributed by atoms with E-state index in [2.05, 4.69) is 20.6 Å². The van der Waals surface area contributed by atoms with Gasteiger partial charge in [0.1, 0.15) is 17.5 Å². The average Bonchev–Trinajstić information content (AvgIpc) is 2.73. The molecule has 0 aliphatic carbocycles. The Morgan fingerprint density at radius 2 is 1.78 bits per heavy atom. The Bertz CT molecular complexity index is 1090. The van der Waals surface area contributed by atoms with Crippen molar-refractivity contribution in [1.29, 1.82) is 0 Å². The number of carbonyl (C=O) groups is 2. The zero-order valence-corrected chi connectivity index (χ0v) is 18.6. The van der Waals surface area contributed by atoms with Gasteiger partial charge in [-0.05, 0) is 62.4 Å². The summed E-state index contributed by atoms with van der Waals surface area (Å²) in [7, 11) is 0. The van der Waals surface area contributed by atoms with Crippen LogP contribution >= 0.6 is 0 Å². The number of hydrogen-bond donors (Lipinski definition) is 3. The Labute approximate surface area is 187 Å². The van der Waals surface area contributed by atoms with E-state index in [1.54, 1.807) is 39.4 Å². The van der Waals surface area contributed by atoms with E-state index in [4.69, 9.17) is 4.74 Å². The number of nitrogens with one attached hydrogen (secondary N) is 2. The molecule has 0 saturated heterocycles. The second kappa shape index (κ2) is 9.64. The topological polar surface area (TPSA) is 113 Å². The lowest BCUT2D eigenvalue weighted by atomic mass is 9.89. The van der Waals surface area contributed by atoms with E-state index in [-0.39, 0.29) is 0 Å². The van der Waals surface area contributed by atoms with Crippen LogP contribution in [0.3, 0.4) is 0 Å². The van der Waals surface area contributed by atoms with Crippen LogP contribution < -0.4 is 10.6 Å². The number of nitrogens with zero attached hydrogens (tertiary/aromatic N) is 2. The highest BCUT2D eigenvalue weighted by atomic mass is 16.6. The molecule has 8 heteroatoms. The van der Waals surface area contributed by atoms with Crippen molar-refractivity contribution in [3.05, 3.63) is 60.6 Å². The molecule has 2 atom stereocenters. The van der Waals surface area contributed by atoms with Crippen molar-refractivity contribution in [2.75, 3.05) is 5.32 Å². The minimum absolute atomic E-state index is 0.422. The first-order valence-corrected chi connectivity index (χ1v) is 10.5. The van der Waals surface area contributed by atoms with Crippen LogP contribution in [0.5, 0.6) is 0 Å². The SMILES string of the molecule is CCC(c1ccc(Nc2nccc3ccncc23)cc1)C(NC(=O)OC(C)(C)C)C(=O)O. The average molecular weight is 437 g/mol. The highest BCUT2D eigenvalue weighted by molar-refractivity contribution is 5.92. The number of ether oxygens (including phenoxy) is 1. The summed E-state index contributed by atoms with van der Waals surface area (Å²) in [6, 6.07) is 10.2. The van der Waals surface area contributed by atoms with Gasteiger partial charge in [0, 0.05) is 35.6 Å². The standard InChI is InChI=1S/C24H28N4O4/c1-5-18(20(22(29)30)28-23(31)32-24(2,3)4)15-6-8-17(9-7-15)27-21-19-14-25-12-10-16(19)11-13-26-21/h6-14,18,20H,5H2,1-4H3,(H,26,27)(H,28,31)(H,29,30). The van der Waals surface area contributed by atoms with Crippen molar-refractivity contribution >= 4 is 34.3 Å². The molecule has 0 spiro atoms. The first kappa shape index (κ1) is 23.0. The van der Waals surface area contributed by atoms with Gasteiger partial charge in [-0.15, -0.1) is 0 Å². The zero-order valence-electron chi connectivity index (χ0n) is 18.6. The summed E-state index contributed by atoms with van der Waals surface area (Å²) < 4.78 is 5.23. The molecule has 2 aromatic heterocycles. The number of anilines is 2. The van der Waals surface area contributed by atoms with Gasteiger partial charge in [-0.1, -0.05) is 19.1 Å². The van der Waals surface area contributed by atoms with Gasteiger partial charge in [-0.3, -0.25) is 4.98 Å². The third kappa shape index (κ3) is 5.72. The van der Waals surface area contributed by atoms with Crippen LogP contribution in [0, 0.1) is 0 Å². The fourth-order valence-corrected chi connectivity index (χ4v) is 3.49. The van der Waals surface area contributed by atoms with Crippen molar-refractivity contribution in [2.24, 2.45) is 0 Å². The Morgan fingerprint density at radius 3 is 2.41 bits per heavy atom. The summed E-state index contributed by atoms with van der Waals surface area (Å²) in [4.78, 5) is 32.6. The molecule has 0 aliphatic rings. The number of rotatable bonds is 7. The summed E-state index contributed by atoms with van der Waals surface area (Å²) >= 11 is 0. The normalized spacial score (nSPS) is 13.2. The maximum atomic E-state index is 12.2. The lowest BCUT2D eigenvalue weighted by Gasteiger charge is -2.26. The van der Waals surface area contributed by atoms with Crippen LogP contribution in [0.15, 0.2) is 55.0 Å². The molecule has 32 heavy (non-hydrogen) atoms. The molecule has 2 heterocycles. The van der Waals surface area contributed by atoms with Crippen molar-refractivity contribution < 1.29 is 19.4 Å². The summed E-state index contributed by atoms with van der Waals surface area (Å²) in [5.74, 6) is -0.850. The van der Waals surface area contributed by atoms with E-state index >= 15 is 0 Å². The molecule has 3 N–H and O–H groups in total. The number of aromatic nitrogens is 2. The van der Waals surface area contributed by atoms with Gasteiger partial charge in [0.25, 0.3) is 0 Å². The van der Waals surface area contributed by atoms with Gasteiger partial charge in [0.05, 0.1) is 0 Å². The van der Waals surface area contributed by atoms with Crippen molar-refractivity contribution in [3.8, 4) is 0 Å². The smallest absolute Gasteiger partial charge is 0.408 e. The molecular weight excluding hydrogens is 408 g/mol. The van der Waals surface area contributed by atoms with Crippen LogP contribution in [-0.4, -0.2) is 38.8 Å². The third-order valence-corrected chi connectivity index (χ3v) is 4.95. The second-order valence-corrected chi connectivity index (χ2v) is 8.48. The molecule has 0 fully saturated rings. The number of amides is 1. The van der Waals surface area contributed by atoms with E-state index in [0.717, 1.165) is 22.0 Å². The predicted molar refractivity (Wildman–Crippen MR) is 123 cm³/mol. The second-order valence-electron chi connectivity index (χ2n) is 8.48. The van der Waals surface area contributed by atoms with Crippen molar-refractivity contribution in [3.63, 3.8) is 0 Å². The van der Waals surface area contributed by atoms with Crippen LogP contribution in [0.4, 0.5) is 16.3 Å².